The molecule has 0 saturated heterocycles. The van der Waals surface area contributed by atoms with Gasteiger partial charge in [0.1, 0.15) is 11.8 Å². The predicted molar refractivity (Wildman–Crippen MR) is 141 cm³/mol. The van der Waals surface area contributed by atoms with E-state index in [9.17, 15) is 29.2 Å². The fraction of sp³-hybridized carbons (Fsp3) is 0.385. The van der Waals surface area contributed by atoms with Crippen LogP contribution in [0.2, 0.25) is 0 Å². The molecule has 0 spiro atoms. The number of hydrogen-bond donors (Lipinski definition) is 4. The zero-order chi connectivity index (χ0) is 27.4. The highest BCUT2D eigenvalue weighted by molar-refractivity contribution is 7.99. The second kappa shape index (κ2) is 16.2. The number of carboxylic acids is 1. The first-order chi connectivity index (χ1) is 17.6. The molecule has 11 nitrogen and oxygen atoms in total. The molecule has 2 aromatic rings. The van der Waals surface area contributed by atoms with Crippen molar-refractivity contribution in [3.8, 4) is 5.75 Å². The summed E-state index contributed by atoms with van der Waals surface area (Å²) in [5.74, 6) is -2.16. The topological polar surface area (TPSA) is 183 Å². The molecule has 5 N–H and O–H groups in total. The molecule has 2 aromatic carbocycles. The van der Waals surface area contributed by atoms with Crippen molar-refractivity contribution in [1.82, 2.24) is 10.6 Å². The summed E-state index contributed by atoms with van der Waals surface area (Å²) in [6.07, 6.45) is -0.774. The molecule has 0 saturated carbocycles. The highest BCUT2D eigenvalue weighted by Gasteiger charge is 2.30. The van der Waals surface area contributed by atoms with Gasteiger partial charge in [0.15, 0.2) is 5.78 Å². The molecule has 2 atom stereocenters. The van der Waals surface area contributed by atoms with Crippen molar-refractivity contribution in [1.29, 1.82) is 0 Å². The van der Waals surface area contributed by atoms with Crippen LogP contribution in [0.4, 0.5) is 5.69 Å². The van der Waals surface area contributed by atoms with E-state index in [-0.39, 0.29) is 29.3 Å². The number of carbonyl (C=O) groups excluding carboxylic acids is 3. The normalized spacial score (nSPS) is 12.0. The first-order valence-electron chi connectivity index (χ1n) is 11.7. The molecular formula is C26H33N3O8S. The van der Waals surface area contributed by atoms with E-state index in [0.717, 1.165) is 5.56 Å². The number of Topliss-reactive ketones (excluding diaryl/α,β-unsaturated/α-hetero) is 1. The van der Waals surface area contributed by atoms with Gasteiger partial charge in [0.05, 0.1) is 31.7 Å². The number of ketones is 1. The Labute approximate surface area is 225 Å². The predicted octanol–water partition coefficient (Wildman–Crippen LogP) is 1.14. The van der Waals surface area contributed by atoms with Gasteiger partial charge in [-0.1, -0.05) is 44.2 Å². The molecule has 0 aliphatic rings. The maximum atomic E-state index is 13.0. The number of hydrogen-bond acceptors (Lipinski definition) is 8. The van der Waals surface area contributed by atoms with Gasteiger partial charge in [0, 0.05) is 27.5 Å². The van der Waals surface area contributed by atoms with Gasteiger partial charge in [-0.25, -0.2) is 0 Å². The Morgan fingerprint density at radius 3 is 2.32 bits per heavy atom. The Kier molecular flexibility index (Phi) is 13.7. The lowest BCUT2D eigenvalue weighted by atomic mass is 10.0. The zero-order valence-corrected chi connectivity index (χ0v) is 22.2. The summed E-state index contributed by atoms with van der Waals surface area (Å²) in [5, 5.41) is 16.2. The fourth-order valence-corrected chi connectivity index (χ4v) is 4.43. The first-order valence-corrected chi connectivity index (χ1v) is 12.8. The van der Waals surface area contributed by atoms with E-state index >= 15 is 0 Å². The van der Waals surface area contributed by atoms with Crippen LogP contribution in [0.3, 0.4) is 0 Å². The van der Waals surface area contributed by atoms with Crippen LogP contribution in [0.5, 0.6) is 5.75 Å². The number of carbonyl (C=O) groups is 4. The van der Waals surface area contributed by atoms with Crippen molar-refractivity contribution in [3.63, 3.8) is 0 Å². The Morgan fingerprint density at radius 1 is 1.05 bits per heavy atom. The summed E-state index contributed by atoms with van der Waals surface area (Å²) in [7, 11) is 1.46. The molecule has 0 radical (unpaired) electrons. The number of rotatable bonds is 15. The second-order valence-electron chi connectivity index (χ2n) is 8.69. The highest BCUT2D eigenvalue weighted by Crippen LogP contribution is 2.19. The number of amides is 2. The molecule has 0 heterocycles. The van der Waals surface area contributed by atoms with Crippen LogP contribution in [-0.4, -0.2) is 59.1 Å². The SMILES string of the molecule is COc1ccc([NH+]=O)c(CC(=O)N[C@H](C(=O)NC(CC(=O)O)C(=O)CSCc2ccccc2)C(C)C)c1.[OH-]. The molecular weight excluding hydrogens is 514 g/mol. The third kappa shape index (κ3) is 10.3. The monoisotopic (exact) mass is 547 g/mol. The van der Waals surface area contributed by atoms with Gasteiger partial charge in [0.2, 0.25) is 11.8 Å². The van der Waals surface area contributed by atoms with Crippen molar-refractivity contribution in [2.75, 3.05) is 12.9 Å². The summed E-state index contributed by atoms with van der Waals surface area (Å²) < 4.78 is 5.14. The molecule has 0 fully saturated rings. The van der Waals surface area contributed by atoms with Gasteiger partial charge in [0.25, 0.3) is 5.69 Å². The van der Waals surface area contributed by atoms with Crippen molar-refractivity contribution in [3.05, 3.63) is 64.6 Å². The molecule has 1 unspecified atom stereocenters. The molecule has 2 amide bonds. The third-order valence-corrected chi connectivity index (χ3v) is 6.50. The van der Waals surface area contributed by atoms with E-state index in [1.807, 2.05) is 30.3 Å². The Balaban J connectivity index is 0.00000722. The lowest BCUT2D eigenvalue weighted by Gasteiger charge is -2.24. The van der Waals surface area contributed by atoms with E-state index in [0.29, 0.717) is 17.1 Å². The van der Waals surface area contributed by atoms with Gasteiger partial charge in [-0.3, -0.25) is 19.2 Å². The molecule has 38 heavy (non-hydrogen) atoms. The Hall–Kier alpha value is -3.77. The van der Waals surface area contributed by atoms with E-state index in [4.69, 9.17) is 4.74 Å². The van der Waals surface area contributed by atoms with Crippen LogP contribution in [0.25, 0.3) is 0 Å². The van der Waals surface area contributed by atoms with Crippen LogP contribution in [0, 0.1) is 10.8 Å². The second-order valence-corrected chi connectivity index (χ2v) is 9.68. The zero-order valence-electron chi connectivity index (χ0n) is 21.4. The summed E-state index contributed by atoms with van der Waals surface area (Å²) in [6, 6.07) is 11.8. The Morgan fingerprint density at radius 2 is 1.74 bits per heavy atom. The standard InChI is InChI=1S/C26H31N3O7S.H2O/c1-16(2)25(28-23(31)12-18-11-19(36-3)9-10-20(18)29-35)26(34)27-21(13-24(32)33)22(30)15-37-14-17-7-5-4-6-8-17;/h4-11,16,21,25H,12-15H2,1-3H3,(H,27,34)(H,28,31)(H,32,33);1H2/t21?,25-;/m0./s1. The first kappa shape index (κ1) is 32.3. The van der Waals surface area contributed by atoms with E-state index in [1.165, 1.54) is 24.9 Å². The van der Waals surface area contributed by atoms with Gasteiger partial charge in [-0.15, -0.1) is 11.8 Å². The average molecular weight is 548 g/mol. The van der Waals surface area contributed by atoms with Crippen LogP contribution >= 0.6 is 11.8 Å². The number of benzene rings is 2. The van der Waals surface area contributed by atoms with Crippen molar-refractivity contribution >= 4 is 41.0 Å². The number of nitrogens with one attached hydrogen (secondary N) is 3. The highest BCUT2D eigenvalue weighted by atomic mass is 32.2. The van der Waals surface area contributed by atoms with Gasteiger partial charge in [-0.2, -0.15) is 0 Å². The fourth-order valence-electron chi connectivity index (χ4n) is 3.50. The molecule has 0 aromatic heterocycles. The van der Waals surface area contributed by atoms with Crippen molar-refractivity contribution in [2.45, 2.75) is 44.5 Å². The minimum atomic E-state index is -1.24. The minimum Gasteiger partial charge on any atom is -0.870 e. The molecule has 0 aliphatic carbocycles. The van der Waals surface area contributed by atoms with E-state index < -0.39 is 42.1 Å². The smallest absolute Gasteiger partial charge is 0.305 e. The maximum absolute atomic E-state index is 13.0. The van der Waals surface area contributed by atoms with Crippen LogP contribution in [0.15, 0.2) is 48.5 Å². The van der Waals surface area contributed by atoms with E-state index in [1.54, 1.807) is 31.2 Å². The molecule has 0 bridgehead atoms. The quantitative estimate of drug-likeness (QED) is 0.254. The van der Waals surface area contributed by atoms with Gasteiger partial charge >= 0.3 is 5.97 Å². The summed E-state index contributed by atoms with van der Waals surface area (Å²) in [6.45, 7) is 3.43. The molecule has 0 aliphatic heterocycles. The lowest BCUT2D eigenvalue weighted by molar-refractivity contribution is -0.380. The number of carboxylic acid groups (broad SMARTS) is 1. The minimum absolute atomic E-state index is 0. The number of thioether (sulfide) groups is 1. The number of ether oxygens (including phenoxy) is 1. The van der Waals surface area contributed by atoms with Gasteiger partial charge in [-0.05, 0) is 23.6 Å². The molecule has 2 rings (SSSR count). The Bertz CT molecular complexity index is 1110. The number of methoxy groups -OCH3 is 1. The van der Waals surface area contributed by atoms with Crippen molar-refractivity contribution in [2.24, 2.45) is 5.92 Å². The van der Waals surface area contributed by atoms with Crippen LogP contribution < -0.4 is 20.5 Å². The average Bonchev–Trinajstić information content (AvgIpc) is 2.86. The summed E-state index contributed by atoms with van der Waals surface area (Å²) in [5.41, 5.74) is 1.60. The molecule has 206 valence electrons. The van der Waals surface area contributed by atoms with Crippen LogP contribution in [0.1, 0.15) is 31.4 Å². The van der Waals surface area contributed by atoms with E-state index in [2.05, 4.69) is 10.6 Å². The maximum Gasteiger partial charge on any atom is 0.305 e. The number of aliphatic carboxylic acids is 1. The summed E-state index contributed by atoms with van der Waals surface area (Å²) in [4.78, 5) is 61.1. The largest absolute Gasteiger partial charge is 0.870 e. The number of nitroso groups, excluding NO2 is 1. The molecule has 12 heteroatoms. The van der Waals surface area contributed by atoms with Crippen LogP contribution in [-0.2, 0) is 31.4 Å². The lowest BCUT2D eigenvalue weighted by Crippen LogP contribution is -2.57. The van der Waals surface area contributed by atoms with Gasteiger partial charge < -0.3 is 26.0 Å². The van der Waals surface area contributed by atoms with Crippen molar-refractivity contribution < 1.29 is 39.7 Å². The summed E-state index contributed by atoms with van der Waals surface area (Å²) >= 11 is 1.32. The third-order valence-electron chi connectivity index (χ3n) is 5.48.